The lowest BCUT2D eigenvalue weighted by Gasteiger charge is -1.82. The quantitative estimate of drug-likeness (QED) is 0.383. The summed E-state index contributed by atoms with van der Waals surface area (Å²) in [4.78, 5) is 0. The number of rotatable bonds is 2. The predicted molar refractivity (Wildman–Crippen MR) is 186 cm³/mol. The van der Waals surface area contributed by atoms with Crippen molar-refractivity contribution in [2.45, 2.75) is 0 Å². The van der Waals surface area contributed by atoms with E-state index in [2.05, 4.69) is 0 Å². The van der Waals surface area contributed by atoms with E-state index < -0.39 is 97.2 Å². The van der Waals surface area contributed by atoms with E-state index in [0.717, 1.165) is 0 Å². The van der Waals surface area contributed by atoms with Crippen molar-refractivity contribution in [1.29, 1.82) is 0 Å². The first-order valence-electron chi connectivity index (χ1n) is 9.55. The highest BCUT2D eigenvalue weighted by Gasteiger charge is 1.82. The van der Waals surface area contributed by atoms with Crippen molar-refractivity contribution in [3.05, 3.63) is 0 Å². The minimum atomic E-state index is -0.816. The summed E-state index contributed by atoms with van der Waals surface area (Å²) < 4.78 is 86.4. The summed E-state index contributed by atoms with van der Waals surface area (Å²) in [5.74, 6) is 0.403. The fourth-order valence-corrected chi connectivity index (χ4v) is 0.386. The molecule has 0 saturated heterocycles. The Labute approximate surface area is 257 Å². The van der Waals surface area contributed by atoms with Crippen LogP contribution >= 0.6 is 0 Å². The van der Waals surface area contributed by atoms with Gasteiger partial charge in [0.05, 0.1) is 6.61 Å². The maximum Gasteiger partial charge on any atom is 0.0546 e. The van der Waals surface area contributed by atoms with Crippen LogP contribution in [0.15, 0.2) is 0 Å². The minimum absolute atomic E-state index is 0.0309. The second-order valence-corrected chi connectivity index (χ2v) is 20.4. The van der Waals surface area contributed by atoms with Gasteiger partial charge in [0.25, 0.3) is 0 Å². The average Bonchev–Trinajstić information content (AvgIpc) is 2.49. The van der Waals surface area contributed by atoms with Crippen LogP contribution in [0.2, 0.25) is 0 Å². The molecule has 0 aliphatic carbocycles. The van der Waals surface area contributed by atoms with Crippen LogP contribution in [-0.4, -0.2) is 162 Å². The summed E-state index contributed by atoms with van der Waals surface area (Å²) in [5.41, 5.74) is 0. The molecule has 0 radical (unpaired) electrons. The maximum absolute atomic E-state index is 9.99. The molecule has 0 spiro atoms. The van der Waals surface area contributed by atoms with Crippen molar-refractivity contribution >= 4 is 97.2 Å². The molecule has 19 heteroatoms. The lowest BCUT2D eigenvalue weighted by molar-refractivity contribution is 0.321. The summed E-state index contributed by atoms with van der Waals surface area (Å²) in [6.07, 6.45) is 27.8. The van der Waals surface area contributed by atoms with Gasteiger partial charge >= 0.3 is 0 Å². The highest BCUT2D eigenvalue weighted by atomic mass is 32.2. The molecule has 0 aliphatic rings. The summed E-state index contributed by atoms with van der Waals surface area (Å²) in [7, 11) is -5.70. The number of aliphatic hydroxyl groups is 1. The van der Waals surface area contributed by atoms with Gasteiger partial charge in [-0.3, -0.25) is 37.9 Å². The minimum Gasteiger partial charge on any atom is -0.395 e. The number of aliphatic hydroxyl groups excluding tert-OH is 1. The van der Waals surface area contributed by atoms with Crippen molar-refractivity contribution in [2.75, 3.05) is 119 Å². The van der Waals surface area contributed by atoms with Crippen LogP contribution in [-0.2, 0) is 97.2 Å². The first-order valence-corrected chi connectivity index (χ1v) is 27.0. The SMILES string of the molecule is CS(=O)CCO.CS(C)=O.CS(C)=O.CS(C)=O.CS(C)=O.CS(C)=O.CS(C)=O.CS(C)=O.CS(C)=O. The lowest BCUT2D eigenvalue weighted by atomic mass is 10.9. The zero-order valence-electron chi connectivity index (χ0n) is 26.2. The van der Waals surface area contributed by atoms with Crippen LogP contribution in [0.3, 0.4) is 0 Å². The lowest BCUT2D eigenvalue weighted by Crippen LogP contribution is -1.97. The normalized spacial score (nSPS) is 9.63. The Morgan fingerprint density at radius 1 is 0.316 bits per heavy atom. The van der Waals surface area contributed by atoms with Gasteiger partial charge in [-0.1, -0.05) is 0 Å². The van der Waals surface area contributed by atoms with E-state index in [0.29, 0.717) is 5.75 Å². The Hall–Kier alpha value is 1.31. The third-order valence-corrected chi connectivity index (χ3v) is 1.14. The van der Waals surface area contributed by atoms with E-state index in [9.17, 15) is 37.9 Å². The molecule has 0 aromatic rings. The highest BCUT2D eigenvalue weighted by molar-refractivity contribution is 7.85. The number of hydrogen-bond acceptors (Lipinski definition) is 10. The van der Waals surface area contributed by atoms with Crippen molar-refractivity contribution in [2.24, 2.45) is 0 Å². The monoisotopic (exact) mass is 732 g/mol. The summed E-state index contributed by atoms with van der Waals surface area (Å²) in [5, 5.41) is 8.04. The molecular weight excluding hydrogens is 677 g/mol. The van der Waals surface area contributed by atoms with E-state index in [4.69, 9.17) is 5.11 Å². The summed E-state index contributed by atoms with van der Waals surface area (Å²) in [6.45, 7) is 0.0309. The van der Waals surface area contributed by atoms with E-state index in [1.54, 1.807) is 106 Å². The molecule has 0 amide bonds. The molecule has 1 atom stereocenters. The zero-order chi connectivity index (χ0) is 33.6. The molecule has 0 aromatic carbocycles. The Morgan fingerprint density at radius 2 is 0.395 bits per heavy atom. The number of hydrogen-bond donors (Lipinski definition) is 1. The van der Waals surface area contributed by atoms with Gasteiger partial charge < -0.3 is 5.11 Å². The predicted octanol–water partition coefficient (Wildman–Crippen LogP) is -0.685. The summed E-state index contributed by atoms with van der Waals surface area (Å²) >= 11 is 0. The van der Waals surface area contributed by atoms with Gasteiger partial charge in [0, 0.05) is 209 Å². The first kappa shape index (κ1) is 62.8. The largest absolute Gasteiger partial charge is 0.395 e. The molecule has 1 unspecified atom stereocenters. The molecule has 0 heterocycles. The van der Waals surface area contributed by atoms with Gasteiger partial charge in [-0.25, -0.2) is 0 Å². The Bertz CT molecular complexity index is 495. The molecule has 0 bridgehead atoms. The molecule has 0 rings (SSSR count). The van der Waals surface area contributed by atoms with Crippen LogP contribution in [0.5, 0.6) is 0 Å². The van der Waals surface area contributed by atoms with E-state index >= 15 is 0 Å². The second-order valence-electron chi connectivity index (χ2n) is 6.93. The van der Waals surface area contributed by atoms with Gasteiger partial charge in [-0.05, 0) is 0 Å². The van der Waals surface area contributed by atoms with Gasteiger partial charge in [0.15, 0.2) is 0 Å². The van der Waals surface area contributed by atoms with Crippen molar-refractivity contribution in [3.8, 4) is 0 Å². The molecule has 0 aromatic heterocycles. The highest BCUT2D eigenvalue weighted by Crippen LogP contribution is 1.67. The van der Waals surface area contributed by atoms with Crippen LogP contribution in [0.25, 0.3) is 0 Å². The average molecular weight is 733 g/mol. The van der Waals surface area contributed by atoms with Crippen molar-refractivity contribution in [3.63, 3.8) is 0 Å². The molecule has 1 N–H and O–H groups in total. The molecule has 0 saturated carbocycles. The van der Waals surface area contributed by atoms with Crippen molar-refractivity contribution < 1.29 is 43.0 Å². The van der Waals surface area contributed by atoms with Crippen molar-refractivity contribution in [1.82, 2.24) is 0 Å². The van der Waals surface area contributed by atoms with Crippen LogP contribution in [0.1, 0.15) is 0 Å². The standard InChI is InChI=1S/C3H8O2S.8C2H6OS/c1-6(5)3-2-4;8*1-4(2)3/h4H,2-3H2,1H3;8*1-2H3. The smallest absolute Gasteiger partial charge is 0.0546 e. The zero-order valence-corrected chi connectivity index (χ0v) is 33.6. The van der Waals surface area contributed by atoms with E-state index in [1.807, 2.05) is 0 Å². The molecule has 0 fully saturated rings. The van der Waals surface area contributed by atoms with Gasteiger partial charge in [0.2, 0.25) is 0 Å². The van der Waals surface area contributed by atoms with Crippen LogP contribution < -0.4 is 0 Å². The van der Waals surface area contributed by atoms with Gasteiger partial charge in [0.1, 0.15) is 0 Å². The molecule has 0 aliphatic heterocycles. The molecule has 10 nitrogen and oxygen atoms in total. The van der Waals surface area contributed by atoms with E-state index in [-0.39, 0.29) is 6.61 Å². The molecule has 246 valence electrons. The third kappa shape index (κ3) is 2650. The van der Waals surface area contributed by atoms with Gasteiger partial charge in [-0.2, -0.15) is 0 Å². The summed E-state index contributed by atoms with van der Waals surface area (Å²) in [6, 6.07) is 0. The van der Waals surface area contributed by atoms with Crippen LogP contribution in [0, 0.1) is 0 Å². The maximum atomic E-state index is 9.99. The molecular formula is C19H56O10S9. The Morgan fingerprint density at radius 3 is 0.395 bits per heavy atom. The Kier molecular flexibility index (Phi) is 95.9. The molecule has 38 heavy (non-hydrogen) atoms. The topological polar surface area (TPSA) is 174 Å². The van der Waals surface area contributed by atoms with Crippen LogP contribution in [0.4, 0.5) is 0 Å². The van der Waals surface area contributed by atoms with E-state index in [1.165, 1.54) is 0 Å². The van der Waals surface area contributed by atoms with Gasteiger partial charge in [-0.15, -0.1) is 0 Å². The first-order chi connectivity index (χ1) is 16.6. The fraction of sp³-hybridized carbons (Fsp3) is 1.00. The second kappa shape index (κ2) is 58.0. The Balaban J connectivity index is -0.0000000357. The third-order valence-electron chi connectivity index (χ3n) is 0.379. The fourth-order valence-electron chi connectivity index (χ4n) is 0.129.